The van der Waals surface area contributed by atoms with E-state index in [1.807, 2.05) is 0 Å². The summed E-state index contributed by atoms with van der Waals surface area (Å²) in [6.07, 6.45) is 62.5. The van der Waals surface area contributed by atoms with E-state index in [0.29, 0.717) is 12.8 Å². The SMILES string of the molecule is CCCCC/C=C/C/C=C/C/C=C/C/C=C/CCCCCCCC(=O)OCC(COCCC(C(=O)[O-])[N+](C)(C)C)OC(=O)CCCCCCCCC/C=C/CCCCCCCCCCCCC. The maximum atomic E-state index is 12.8. The molecule has 0 N–H and O–H groups in total. The minimum absolute atomic E-state index is 0.0317. The van der Waals surface area contributed by atoms with E-state index in [0.717, 1.165) is 77.0 Å². The van der Waals surface area contributed by atoms with Crippen LogP contribution in [0.2, 0.25) is 0 Å². The fourth-order valence-electron chi connectivity index (χ4n) is 8.05. The highest BCUT2D eigenvalue weighted by Crippen LogP contribution is 2.15. The van der Waals surface area contributed by atoms with Crippen LogP contribution in [0, 0.1) is 0 Å². The number of esters is 2. The van der Waals surface area contributed by atoms with Gasteiger partial charge < -0.3 is 28.6 Å². The highest BCUT2D eigenvalue weighted by Gasteiger charge is 2.25. The van der Waals surface area contributed by atoms with Gasteiger partial charge in [0.2, 0.25) is 0 Å². The second-order valence-electron chi connectivity index (χ2n) is 19.8. The molecule has 0 saturated carbocycles. The molecule has 0 saturated heterocycles. The maximum absolute atomic E-state index is 12.8. The Morgan fingerprint density at radius 2 is 0.791 bits per heavy atom. The fourth-order valence-corrected chi connectivity index (χ4v) is 8.05. The Morgan fingerprint density at radius 1 is 0.448 bits per heavy atom. The molecule has 67 heavy (non-hydrogen) atoms. The van der Waals surface area contributed by atoms with Gasteiger partial charge in [-0.1, -0.05) is 203 Å². The van der Waals surface area contributed by atoms with E-state index >= 15 is 0 Å². The van der Waals surface area contributed by atoms with Crippen LogP contribution >= 0.6 is 0 Å². The summed E-state index contributed by atoms with van der Waals surface area (Å²) in [5.74, 6) is -1.76. The molecule has 0 amide bonds. The van der Waals surface area contributed by atoms with Crippen LogP contribution in [0.15, 0.2) is 60.8 Å². The number of likely N-dealkylation sites (N-methyl/N-ethyl adjacent to an activating group) is 1. The van der Waals surface area contributed by atoms with Gasteiger partial charge in [0, 0.05) is 19.3 Å². The number of carbonyl (C=O) groups excluding carboxylic acids is 3. The first-order valence-corrected chi connectivity index (χ1v) is 27.8. The summed E-state index contributed by atoms with van der Waals surface area (Å²) in [6, 6.07) is -0.732. The predicted octanol–water partition coefficient (Wildman–Crippen LogP) is 15.1. The van der Waals surface area contributed by atoms with Gasteiger partial charge in [0.15, 0.2) is 6.10 Å². The average Bonchev–Trinajstić information content (AvgIpc) is 3.29. The number of unbranched alkanes of at least 4 members (excludes halogenated alkanes) is 26. The summed E-state index contributed by atoms with van der Waals surface area (Å²) in [4.78, 5) is 37.1. The molecule has 8 nitrogen and oxygen atoms in total. The Hall–Kier alpha value is -2.97. The lowest BCUT2D eigenvalue weighted by molar-refractivity contribution is -0.889. The van der Waals surface area contributed by atoms with Crippen LogP contribution in [0.5, 0.6) is 0 Å². The van der Waals surface area contributed by atoms with Crippen LogP contribution in [0.1, 0.15) is 245 Å². The molecule has 0 aliphatic rings. The van der Waals surface area contributed by atoms with E-state index in [1.54, 1.807) is 21.1 Å². The van der Waals surface area contributed by atoms with E-state index < -0.39 is 18.1 Å². The van der Waals surface area contributed by atoms with Crippen LogP contribution in [-0.4, -0.2) is 75.5 Å². The van der Waals surface area contributed by atoms with Crippen LogP contribution in [0.4, 0.5) is 0 Å². The summed E-state index contributed by atoms with van der Waals surface area (Å²) in [5.41, 5.74) is 0. The van der Waals surface area contributed by atoms with Crippen LogP contribution in [0.25, 0.3) is 0 Å². The number of hydrogen-bond donors (Lipinski definition) is 0. The van der Waals surface area contributed by atoms with Gasteiger partial charge >= 0.3 is 11.9 Å². The summed E-state index contributed by atoms with van der Waals surface area (Å²) in [5, 5.41) is 11.7. The van der Waals surface area contributed by atoms with Crippen molar-refractivity contribution in [2.24, 2.45) is 0 Å². The molecule has 0 aliphatic carbocycles. The third-order valence-corrected chi connectivity index (χ3v) is 12.4. The second kappa shape index (κ2) is 49.5. The Morgan fingerprint density at radius 3 is 1.21 bits per heavy atom. The van der Waals surface area contributed by atoms with E-state index in [-0.39, 0.29) is 42.7 Å². The molecule has 0 spiro atoms. The van der Waals surface area contributed by atoms with Crippen molar-refractivity contribution in [1.29, 1.82) is 0 Å². The smallest absolute Gasteiger partial charge is 0.306 e. The molecule has 8 heteroatoms. The number of rotatable bonds is 50. The van der Waals surface area contributed by atoms with E-state index in [4.69, 9.17) is 14.2 Å². The summed E-state index contributed by atoms with van der Waals surface area (Å²) in [7, 11) is 5.41. The maximum Gasteiger partial charge on any atom is 0.306 e. The van der Waals surface area contributed by atoms with Gasteiger partial charge in [-0.25, -0.2) is 0 Å². The molecular formula is C59H105NO7. The molecule has 0 aromatic heterocycles. The Balaban J connectivity index is 4.25. The average molecular weight is 940 g/mol. The molecule has 0 heterocycles. The molecule has 0 aromatic rings. The number of hydrogen-bond acceptors (Lipinski definition) is 7. The normalized spacial score (nSPS) is 13.3. The van der Waals surface area contributed by atoms with Crippen LogP contribution in [0.3, 0.4) is 0 Å². The van der Waals surface area contributed by atoms with Gasteiger partial charge in [-0.2, -0.15) is 0 Å². The van der Waals surface area contributed by atoms with E-state index in [2.05, 4.69) is 74.6 Å². The van der Waals surface area contributed by atoms with Gasteiger partial charge in [0.25, 0.3) is 0 Å². The zero-order valence-electron chi connectivity index (χ0n) is 44.3. The molecule has 0 aromatic carbocycles. The van der Waals surface area contributed by atoms with Crippen LogP contribution in [-0.2, 0) is 28.6 Å². The third kappa shape index (κ3) is 47.9. The first-order valence-electron chi connectivity index (χ1n) is 27.8. The number of allylic oxidation sites excluding steroid dienone is 10. The molecule has 0 bridgehead atoms. The minimum Gasteiger partial charge on any atom is -0.544 e. The van der Waals surface area contributed by atoms with Crippen molar-refractivity contribution >= 4 is 17.9 Å². The Bertz CT molecular complexity index is 1280. The van der Waals surface area contributed by atoms with Crippen molar-refractivity contribution in [2.75, 3.05) is 41.0 Å². The lowest BCUT2D eigenvalue weighted by Crippen LogP contribution is -2.55. The lowest BCUT2D eigenvalue weighted by atomic mass is 10.0. The van der Waals surface area contributed by atoms with Crippen molar-refractivity contribution in [1.82, 2.24) is 0 Å². The second-order valence-corrected chi connectivity index (χ2v) is 19.8. The zero-order chi connectivity index (χ0) is 49.2. The number of carboxylic acid groups (broad SMARTS) is 1. The summed E-state index contributed by atoms with van der Waals surface area (Å²) < 4.78 is 17.3. The van der Waals surface area contributed by atoms with Crippen molar-refractivity contribution in [3.8, 4) is 0 Å². The summed E-state index contributed by atoms with van der Waals surface area (Å²) in [6.45, 7) is 4.64. The van der Waals surface area contributed by atoms with Crippen molar-refractivity contribution in [2.45, 2.75) is 257 Å². The topological polar surface area (TPSA) is 102 Å². The number of nitrogens with zero attached hydrogens (tertiary/aromatic N) is 1. The predicted molar refractivity (Wildman–Crippen MR) is 282 cm³/mol. The van der Waals surface area contributed by atoms with E-state index in [1.165, 1.54) is 135 Å². The largest absolute Gasteiger partial charge is 0.544 e. The highest BCUT2D eigenvalue weighted by atomic mass is 16.6. The summed E-state index contributed by atoms with van der Waals surface area (Å²) >= 11 is 0. The Labute approximate surface area is 413 Å². The minimum atomic E-state index is -1.13. The van der Waals surface area contributed by atoms with Gasteiger partial charge in [-0.3, -0.25) is 9.59 Å². The van der Waals surface area contributed by atoms with Crippen LogP contribution < -0.4 is 5.11 Å². The quantitative estimate of drug-likeness (QED) is 0.0259. The van der Waals surface area contributed by atoms with E-state index in [9.17, 15) is 19.5 Å². The number of ether oxygens (including phenoxy) is 3. The lowest BCUT2D eigenvalue weighted by Gasteiger charge is -2.34. The van der Waals surface area contributed by atoms with Crippen molar-refractivity contribution in [3.63, 3.8) is 0 Å². The molecule has 0 rings (SSSR count). The number of carbonyl (C=O) groups is 3. The standard InChI is InChI=1S/C59H105NO7/c1-6-8-10-12-14-16-18-20-22-24-26-28-30-32-34-36-38-40-42-44-46-48-50-58(62)67-55(53-65-52-51-56(59(63)64)60(3,4)5)54-66-57(61)49-47-45-43-41-39-37-35-33-31-29-27-25-23-21-19-17-15-13-11-9-7-2/h15,17,21,23,27,29-30,32-33,35,55-56H,6-14,16,18-20,22,24-26,28,31,34,36-54H2,1-5H3/b17-15+,23-21+,29-27+,32-30+,35-33+. The highest BCUT2D eigenvalue weighted by molar-refractivity contribution is 5.70. The van der Waals surface area contributed by atoms with Gasteiger partial charge in [0.1, 0.15) is 12.6 Å². The van der Waals surface area contributed by atoms with Gasteiger partial charge in [-0.15, -0.1) is 0 Å². The van der Waals surface area contributed by atoms with Crippen molar-refractivity contribution < 1.29 is 38.2 Å². The molecule has 2 atom stereocenters. The molecule has 388 valence electrons. The monoisotopic (exact) mass is 940 g/mol. The first kappa shape index (κ1) is 64.0. The number of carboxylic acids is 1. The zero-order valence-corrected chi connectivity index (χ0v) is 44.3. The molecule has 2 unspecified atom stereocenters. The van der Waals surface area contributed by atoms with Gasteiger partial charge in [-0.05, 0) is 83.5 Å². The molecule has 0 radical (unpaired) electrons. The number of quaternary nitrogens is 1. The molecular weight excluding hydrogens is 835 g/mol. The molecule has 0 fully saturated rings. The Kier molecular flexibility index (Phi) is 47.3. The van der Waals surface area contributed by atoms with Gasteiger partial charge in [0.05, 0.1) is 40.3 Å². The van der Waals surface area contributed by atoms with Crippen molar-refractivity contribution in [3.05, 3.63) is 60.8 Å². The first-order chi connectivity index (χ1) is 32.6. The molecule has 0 aliphatic heterocycles. The number of aliphatic carboxylic acids is 1. The third-order valence-electron chi connectivity index (χ3n) is 12.4. The fraction of sp³-hybridized carbons (Fsp3) is 0.780.